The Kier molecular flexibility index (Phi) is 16.3. The van der Waals surface area contributed by atoms with Crippen molar-refractivity contribution >= 4 is 12.1 Å². The first-order valence-electron chi connectivity index (χ1n) is 5.07. The summed E-state index contributed by atoms with van der Waals surface area (Å²) in [6.45, 7) is 1.63. The van der Waals surface area contributed by atoms with Crippen molar-refractivity contribution in [2.24, 2.45) is 5.92 Å². The number of Topliss-reactive ketones (excluding diaryl/α,β-unsaturated/α-hetero) is 1. The van der Waals surface area contributed by atoms with E-state index in [-0.39, 0.29) is 47.9 Å². The van der Waals surface area contributed by atoms with Gasteiger partial charge in [0.15, 0.2) is 0 Å². The van der Waals surface area contributed by atoms with Crippen molar-refractivity contribution in [1.29, 1.82) is 0 Å². The van der Waals surface area contributed by atoms with E-state index in [9.17, 15) is 9.59 Å². The Morgan fingerprint density at radius 2 is 1.89 bits per heavy atom. The van der Waals surface area contributed by atoms with Crippen LogP contribution in [-0.4, -0.2) is 17.5 Å². The van der Waals surface area contributed by atoms with Crippen LogP contribution in [-0.2, 0) is 16.0 Å². The summed E-state index contributed by atoms with van der Waals surface area (Å²) in [4.78, 5) is 21.6. The van der Waals surface area contributed by atoms with E-state index < -0.39 is 5.92 Å². The van der Waals surface area contributed by atoms with E-state index in [1.54, 1.807) is 6.92 Å². The van der Waals surface area contributed by atoms with Crippen LogP contribution in [0.2, 0.25) is 0 Å². The number of benzene rings is 1. The summed E-state index contributed by atoms with van der Waals surface area (Å²) in [6, 6.07) is 9.94. The molecule has 0 aromatic heterocycles. The Bertz CT molecular complexity index is 325. The molecule has 1 rings (SSSR count). The van der Waals surface area contributed by atoms with Gasteiger partial charge >= 0.3 is 0 Å². The first-order chi connectivity index (χ1) is 7.24. The summed E-state index contributed by atoms with van der Waals surface area (Å²) in [5, 5.41) is 0. The Labute approximate surface area is 131 Å². The fourth-order valence-electron chi connectivity index (χ4n) is 1.26. The molecule has 0 aliphatic heterocycles. The second-order valence-corrected chi connectivity index (χ2v) is 3.57. The standard InChI is InChI=1S/C13H15O2.CH3.H2O.Pu/c1-11(10-14)13(15)9-5-8-12-6-3-2-4-7-12;;;/h2-7,10-11H,8-9H2,1H3;1H3;1H2;/q2*-1;;/t11-;;;/m1.../s1. The molecule has 0 aliphatic rings. The van der Waals surface area contributed by atoms with Crippen LogP contribution >= 0.6 is 0 Å². The van der Waals surface area contributed by atoms with Crippen LogP contribution < -0.4 is 0 Å². The molecule has 0 saturated heterocycles. The van der Waals surface area contributed by atoms with E-state index in [1.807, 2.05) is 36.8 Å². The smallest absolute Gasteiger partial charge is 0.130 e. The molecule has 0 unspecified atom stereocenters. The SMILES string of the molecule is C[C@H](C=O)C(=O)C[CH-]Cc1ccccc1.O.[CH3-].[Pu]. The van der Waals surface area contributed by atoms with Gasteiger partial charge in [-0.15, -0.1) is 6.42 Å². The van der Waals surface area contributed by atoms with Crippen molar-refractivity contribution in [1.82, 2.24) is 0 Å². The number of hydrogen-bond donors (Lipinski definition) is 0. The minimum Gasteiger partial charge on any atom is -0.412 e. The maximum absolute atomic E-state index is 11.3. The number of aldehydes is 1. The van der Waals surface area contributed by atoms with Crippen LogP contribution in [0.25, 0.3) is 0 Å². The number of rotatable bonds is 6. The first kappa shape index (κ1) is 22.7. The van der Waals surface area contributed by atoms with Crippen molar-refractivity contribution in [2.45, 2.75) is 19.8 Å². The monoisotopic (exact) mass is 474 g/mol. The molecule has 3 nitrogen and oxygen atoms in total. The van der Waals surface area contributed by atoms with Crippen molar-refractivity contribution < 1.29 is 44.2 Å². The average Bonchev–Trinajstić information content (AvgIpc) is 2.29. The van der Waals surface area contributed by atoms with E-state index in [0.29, 0.717) is 12.7 Å². The molecule has 2 N–H and O–H groups in total. The molecule has 18 heavy (non-hydrogen) atoms. The third-order valence-electron chi connectivity index (χ3n) is 2.28. The van der Waals surface area contributed by atoms with Gasteiger partial charge in [-0.1, -0.05) is 35.9 Å². The molecule has 0 aliphatic carbocycles. The van der Waals surface area contributed by atoms with E-state index >= 15 is 0 Å². The summed E-state index contributed by atoms with van der Waals surface area (Å²) in [5.74, 6) is -0.488. The van der Waals surface area contributed by atoms with Crippen molar-refractivity contribution in [3.63, 3.8) is 0 Å². The van der Waals surface area contributed by atoms with Crippen LogP contribution in [0.3, 0.4) is 0 Å². The van der Waals surface area contributed by atoms with Crippen molar-refractivity contribution in [3.05, 3.63) is 49.7 Å². The van der Waals surface area contributed by atoms with Gasteiger partial charge in [-0.3, -0.25) is 0 Å². The molecule has 102 valence electrons. The Morgan fingerprint density at radius 1 is 1.33 bits per heavy atom. The van der Waals surface area contributed by atoms with E-state index in [2.05, 4.69) is 0 Å². The molecule has 0 fully saturated rings. The number of carbonyl (C=O) groups excluding carboxylic acids is 2. The summed E-state index contributed by atoms with van der Waals surface area (Å²) in [7, 11) is 0. The predicted molar refractivity (Wildman–Crippen MR) is 69.3 cm³/mol. The fourth-order valence-corrected chi connectivity index (χ4v) is 1.26. The zero-order valence-electron chi connectivity index (χ0n) is 10.8. The molecule has 0 radical (unpaired) electrons. The van der Waals surface area contributed by atoms with Gasteiger partial charge in [0.1, 0.15) is 12.1 Å². The van der Waals surface area contributed by atoms with Gasteiger partial charge in [0.2, 0.25) is 0 Å². The van der Waals surface area contributed by atoms with Crippen molar-refractivity contribution in [2.75, 3.05) is 0 Å². The predicted octanol–water partition coefficient (Wildman–Crippen LogP) is 1.85. The van der Waals surface area contributed by atoms with Crippen molar-refractivity contribution in [3.8, 4) is 0 Å². The van der Waals surface area contributed by atoms with Gasteiger partial charge in [0.25, 0.3) is 0 Å². The number of carbonyl (C=O) groups is 2. The Balaban J connectivity index is -0.000000750. The molecule has 1 aromatic carbocycles. The maximum atomic E-state index is 11.3. The molecule has 0 saturated carbocycles. The van der Waals surface area contributed by atoms with Crippen LogP contribution in [0.15, 0.2) is 30.3 Å². The first-order valence-corrected chi connectivity index (χ1v) is 5.07. The minimum atomic E-state index is -0.475. The summed E-state index contributed by atoms with van der Waals surface area (Å²) in [6.07, 6.45) is 3.75. The van der Waals surface area contributed by atoms with Crippen LogP contribution in [0, 0.1) is 48.9 Å². The van der Waals surface area contributed by atoms with E-state index in [1.165, 1.54) is 5.56 Å². The zero-order chi connectivity index (χ0) is 11.1. The molecule has 4 heteroatoms. The van der Waals surface area contributed by atoms with Gasteiger partial charge in [0, 0.05) is 29.2 Å². The summed E-state index contributed by atoms with van der Waals surface area (Å²) >= 11 is 0. The summed E-state index contributed by atoms with van der Waals surface area (Å²) < 4.78 is 0. The second-order valence-electron chi connectivity index (χ2n) is 3.57. The van der Waals surface area contributed by atoms with Crippen LogP contribution in [0.1, 0.15) is 18.9 Å². The van der Waals surface area contributed by atoms with E-state index in [0.717, 1.165) is 6.42 Å². The molecule has 0 amide bonds. The quantitative estimate of drug-likeness (QED) is 0.355. The van der Waals surface area contributed by atoms with Crippen LogP contribution in [0.4, 0.5) is 0 Å². The fraction of sp³-hybridized carbons (Fsp3) is 0.286. The minimum absolute atomic E-state index is 0. The topological polar surface area (TPSA) is 65.6 Å². The van der Waals surface area contributed by atoms with Gasteiger partial charge < -0.3 is 28.9 Å². The molecule has 1 atom stereocenters. The Morgan fingerprint density at radius 3 is 2.39 bits per heavy atom. The molecular formula is C14H20O3Pu-2. The molecular weight excluding hydrogens is 460 g/mol. The average molecular weight is 480 g/mol. The third-order valence-corrected chi connectivity index (χ3v) is 2.28. The third kappa shape index (κ3) is 8.58. The van der Waals surface area contributed by atoms with Gasteiger partial charge in [0.05, 0.1) is 5.92 Å². The molecule has 1 aromatic rings. The van der Waals surface area contributed by atoms with Gasteiger partial charge in [-0.2, -0.15) is 6.42 Å². The largest absolute Gasteiger partial charge is 0.412 e. The zero-order valence-corrected chi connectivity index (χ0v) is 14.2. The molecule has 0 spiro atoms. The van der Waals surface area contributed by atoms with Gasteiger partial charge in [-0.25, -0.2) is 0 Å². The number of ketones is 1. The van der Waals surface area contributed by atoms with E-state index in [4.69, 9.17) is 0 Å². The number of hydrogen-bond acceptors (Lipinski definition) is 2. The van der Waals surface area contributed by atoms with Gasteiger partial charge in [-0.05, 0) is 6.92 Å². The molecule has 0 bridgehead atoms. The van der Waals surface area contributed by atoms with Crippen LogP contribution in [0.5, 0.6) is 0 Å². The molecule has 0 heterocycles. The normalized spacial score (nSPS) is 10.1. The summed E-state index contributed by atoms with van der Waals surface area (Å²) in [5.41, 5.74) is 1.18. The second kappa shape index (κ2) is 13.0. The Hall–Kier alpha value is -0.493. The maximum Gasteiger partial charge on any atom is 0.130 e.